The molecule has 6 nitrogen and oxygen atoms in total. The molecule has 1 amide bonds. The summed E-state index contributed by atoms with van der Waals surface area (Å²) in [6.45, 7) is 0.742. The number of aromatic nitrogens is 1. The monoisotopic (exact) mass is 443 g/mol. The van der Waals surface area contributed by atoms with E-state index in [1.165, 1.54) is 13.2 Å². The SMILES string of the molecule is COc1ccc(CN2Cc3nc4c(-c5c(F)cccc5OC)cccc4c(N)c3C2=O)cc1. The molecular weight excluding hydrogens is 421 g/mol. The van der Waals surface area contributed by atoms with Crippen molar-refractivity contribution in [3.05, 3.63) is 83.3 Å². The van der Waals surface area contributed by atoms with Crippen LogP contribution >= 0.6 is 0 Å². The molecular formula is C26H22FN3O3. The summed E-state index contributed by atoms with van der Waals surface area (Å²) >= 11 is 0. The van der Waals surface area contributed by atoms with Gasteiger partial charge in [-0.3, -0.25) is 4.79 Å². The van der Waals surface area contributed by atoms with Crippen molar-refractivity contribution in [2.75, 3.05) is 20.0 Å². The second-order valence-electron chi connectivity index (χ2n) is 7.88. The average Bonchev–Trinajstić information content (AvgIpc) is 3.14. The minimum atomic E-state index is -0.417. The first-order valence-corrected chi connectivity index (χ1v) is 10.5. The molecule has 3 aromatic carbocycles. The van der Waals surface area contributed by atoms with Crippen LogP contribution in [0.15, 0.2) is 60.7 Å². The first-order chi connectivity index (χ1) is 16.0. The van der Waals surface area contributed by atoms with Gasteiger partial charge in [-0.05, 0) is 29.8 Å². The van der Waals surface area contributed by atoms with Gasteiger partial charge in [0.05, 0.1) is 48.8 Å². The molecule has 0 aliphatic carbocycles. The van der Waals surface area contributed by atoms with Crippen LogP contribution in [0.1, 0.15) is 21.6 Å². The number of hydrogen-bond donors (Lipinski definition) is 1. The lowest BCUT2D eigenvalue weighted by molar-refractivity contribution is 0.0767. The number of nitrogens with zero attached hydrogens (tertiary/aromatic N) is 2. The number of fused-ring (bicyclic) bond motifs is 2. The molecule has 7 heteroatoms. The number of methoxy groups -OCH3 is 2. The summed E-state index contributed by atoms with van der Waals surface area (Å²) in [4.78, 5) is 19.7. The Morgan fingerprint density at radius 3 is 2.48 bits per heavy atom. The minimum absolute atomic E-state index is 0.165. The van der Waals surface area contributed by atoms with Crippen LogP contribution in [0, 0.1) is 5.82 Å². The number of para-hydroxylation sites is 1. The summed E-state index contributed by atoms with van der Waals surface area (Å²) in [7, 11) is 3.11. The van der Waals surface area contributed by atoms with E-state index in [1.807, 2.05) is 24.3 Å². The molecule has 2 heterocycles. The van der Waals surface area contributed by atoms with Crippen molar-refractivity contribution in [2.45, 2.75) is 13.1 Å². The van der Waals surface area contributed by atoms with Crippen molar-refractivity contribution in [1.29, 1.82) is 0 Å². The number of amides is 1. The number of rotatable bonds is 5. The highest BCUT2D eigenvalue weighted by Gasteiger charge is 2.32. The van der Waals surface area contributed by atoms with Gasteiger partial charge in [0.1, 0.15) is 17.3 Å². The van der Waals surface area contributed by atoms with Gasteiger partial charge in [0.2, 0.25) is 0 Å². The number of pyridine rings is 1. The molecule has 0 bridgehead atoms. The summed E-state index contributed by atoms with van der Waals surface area (Å²) in [5.41, 5.74) is 10.2. The van der Waals surface area contributed by atoms with E-state index < -0.39 is 5.82 Å². The third-order valence-corrected chi connectivity index (χ3v) is 5.97. The summed E-state index contributed by atoms with van der Waals surface area (Å²) in [5.74, 6) is 0.574. The van der Waals surface area contributed by atoms with Gasteiger partial charge in [-0.2, -0.15) is 0 Å². The molecule has 2 N–H and O–H groups in total. The van der Waals surface area contributed by atoms with Gasteiger partial charge in [0.25, 0.3) is 5.91 Å². The average molecular weight is 443 g/mol. The zero-order valence-corrected chi connectivity index (χ0v) is 18.3. The van der Waals surface area contributed by atoms with Crippen LogP contribution in [0.4, 0.5) is 10.1 Å². The largest absolute Gasteiger partial charge is 0.497 e. The Bertz CT molecular complexity index is 1390. The Labute approximate surface area is 190 Å². The number of benzene rings is 3. The number of nitrogen functional groups attached to an aromatic ring is 1. The van der Waals surface area contributed by atoms with E-state index in [0.29, 0.717) is 57.8 Å². The standard InChI is InChI=1S/C26H22FN3O3/c1-32-16-11-9-15(10-12-16)13-30-14-20-23(26(30)31)24(28)18-6-3-5-17(25(18)29-20)22-19(27)7-4-8-21(22)33-2/h3-12H,13-14H2,1-2H3,(H2,28,29). The van der Waals surface area contributed by atoms with Crippen molar-refractivity contribution in [3.63, 3.8) is 0 Å². The summed E-state index contributed by atoms with van der Waals surface area (Å²) < 4.78 is 25.4. The molecule has 1 aliphatic rings. The van der Waals surface area contributed by atoms with E-state index in [0.717, 1.165) is 11.3 Å². The number of carbonyl (C=O) groups excluding carboxylic acids is 1. The van der Waals surface area contributed by atoms with Crippen molar-refractivity contribution in [1.82, 2.24) is 9.88 Å². The Kier molecular flexibility index (Phi) is 5.09. The second-order valence-corrected chi connectivity index (χ2v) is 7.88. The van der Waals surface area contributed by atoms with Gasteiger partial charge in [-0.15, -0.1) is 0 Å². The van der Waals surface area contributed by atoms with Crippen molar-refractivity contribution in [2.24, 2.45) is 0 Å². The van der Waals surface area contributed by atoms with Gasteiger partial charge in [0.15, 0.2) is 0 Å². The molecule has 0 saturated carbocycles. The lowest BCUT2D eigenvalue weighted by Gasteiger charge is -2.15. The van der Waals surface area contributed by atoms with E-state index >= 15 is 0 Å². The molecule has 0 radical (unpaired) electrons. The van der Waals surface area contributed by atoms with Crippen LogP contribution < -0.4 is 15.2 Å². The topological polar surface area (TPSA) is 77.7 Å². The predicted molar refractivity (Wildman–Crippen MR) is 125 cm³/mol. The maximum atomic E-state index is 14.8. The van der Waals surface area contributed by atoms with E-state index in [1.54, 1.807) is 42.3 Å². The zero-order chi connectivity index (χ0) is 23.1. The molecule has 0 spiro atoms. The highest BCUT2D eigenvalue weighted by atomic mass is 19.1. The quantitative estimate of drug-likeness (QED) is 0.480. The maximum absolute atomic E-state index is 14.8. The molecule has 166 valence electrons. The van der Waals surface area contributed by atoms with Crippen molar-refractivity contribution >= 4 is 22.5 Å². The van der Waals surface area contributed by atoms with Gasteiger partial charge in [0, 0.05) is 17.5 Å². The number of carbonyl (C=O) groups is 1. The van der Waals surface area contributed by atoms with Crippen LogP contribution in [0.3, 0.4) is 0 Å². The first-order valence-electron chi connectivity index (χ1n) is 10.5. The number of hydrogen-bond acceptors (Lipinski definition) is 5. The van der Waals surface area contributed by atoms with Crippen LogP contribution in [0.2, 0.25) is 0 Å². The molecule has 5 rings (SSSR count). The van der Waals surface area contributed by atoms with Gasteiger partial charge in [-0.25, -0.2) is 9.37 Å². The number of nitrogens with two attached hydrogens (primary N) is 1. The number of ether oxygens (including phenoxy) is 2. The lowest BCUT2D eigenvalue weighted by Crippen LogP contribution is -2.23. The molecule has 1 aromatic heterocycles. The van der Waals surface area contributed by atoms with Gasteiger partial charge < -0.3 is 20.1 Å². The van der Waals surface area contributed by atoms with E-state index in [-0.39, 0.29) is 5.91 Å². The first kappa shape index (κ1) is 20.8. The number of anilines is 1. The Morgan fingerprint density at radius 1 is 1.00 bits per heavy atom. The van der Waals surface area contributed by atoms with Crippen LogP contribution in [-0.2, 0) is 13.1 Å². The van der Waals surface area contributed by atoms with Crippen LogP contribution in [-0.4, -0.2) is 30.0 Å². The zero-order valence-electron chi connectivity index (χ0n) is 18.3. The Hall–Kier alpha value is -4.13. The van der Waals surface area contributed by atoms with Crippen LogP contribution in [0.5, 0.6) is 11.5 Å². The van der Waals surface area contributed by atoms with E-state index in [4.69, 9.17) is 20.2 Å². The molecule has 0 fully saturated rings. The Balaban J connectivity index is 1.59. The minimum Gasteiger partial charge on any atom is -0.497 e. The molecule has 33 heavy (non-hydrogen) atoms. The summed E-state index contributed by atoms with van der Waals surface area (Å²) in [6, 6.07) is 17.6. The molecule has 0 saturated heterocycles. The predicted octanol–water partition coefficient (Wildman–Crippen LogP) is 4.80. The molecule has 4 aromatic rings. The number of halogens is 1. The molecule has 0 unspecified atom stereocenters. The smallest absolute Gasteiger partial charge is 0.258 e. The van der Waals surface area contributed by atoms with E-state index in [9.17, 15) is 9.18 Å². The lowest BCUT2D eigenvalue weighted by atomic mass is 9.98. The normalized spacial score (nSPS) is 12.8. The summed E-state index contributed by atoms with van der Waals surface area (Å²) in [6.07, 6.45) is 0. The summed E-state index contributed by atoms with van der Waals surface area (Å²) in [5, 5.41) is 0.608. The maximum Gasteiger partial charge on any atom is 0.258 e. The Morgan fingerprint density at radius 2 is 1.76 bits per heavy atom. The fourth-order valence-electron chi connectivity index (χ4n) is 4.34. The third-order valence-electron chi connectivity index (χ3n) is 5.97. The second kappa shape index (κ2) is 8.09. The van der Waals surface area contributed by atoms with E-state index in [2.05, 4.69) is 0 Å². The highest BCUT2D eigenvalue weighted by Crippen LogP contribution is 2.40. The fourth-order valence-corrected chi connectivity index (χ4v) is 4.34. The fraction of sp³-hybridized carbons (Fsp3) is 0.154. The third kappa shape index (κ3) is 3.42. The van der Waals surface area contributed by atoms with Crippen molar-refractivity contribution < 1.29 is 18.7 Å². The molecule has 1 aliphatic heterocycles. The highest BCUT2D eigenvalue weighted by molar-refractivity contribution is 6.11. The van der Waals surface area contributed by atoms with Crippen molar-refractivity contribution in [3.8, 4) is 22.6 Å². The van der Waals surface area contributed by atoms with Gasteiger partial charge >= 0.3 is 0 Å². The van der Waals surface area contributed by atoms with Crippen LogP contribution in [0.25, 0.3) is 22.0 Å². The van der Waals surface area contributed by atoms with Gasteiger partial charge in [-0.1, -0.05) is 36.4 Å². The molecule has 0 atom stereocenters.